The van der Waals surface area contributed by atoms with Crippen molar-refractivity contribution in [3.8, 4) is 11.3 Å². The molecule has 6 nitrogen and oxygen atoms in total. The molecule has 138 valence electrons. The Kier molecular flexibility index (Phi) is 4.45. The van der Waals surface area contributed by atoms with E-state index in [4.69, 9.17) is 14.7 Å². The van der Waals surface area contributed by atoms with E-state index in [-0.39, 0.29) is 17.4 Å². The van der Waals surface area contributed by atoms with Crippen molar-refractivity contribution in [1.82, 2.24) is 9.97 Å². The number of halogens is 1. The van der Waals surface area contributed by atoms with E-state index in [0.717, 1.165) is 5.56 Å². The molecule has 0 radical (unpaired) electrons. The van der Waals surface area contributed by atoms with Gasteiger partial charge in [-0.1, -0.05) is 0 Å². The van der Waals surface area contributed by atoms with Crippen LogP contribution in [-0.4, -0.2) is 46.8 Å². The lowest BCUT2D eigenvalue weighted by atomic mass is 10.1. The van der Waals surface area contributed by atoms with Crippen LogP contribution in [0.4, 0.5) is 10.2 Å². The first-order valence-corrected chi connectivity index (χ1v) is 8.68. The minimum atomic E-state index is -1.01. The van der Waals surface area contributed by atoms with Crippen LogP contribution >= 0.6 is 0 Å². The summed E-state index contributed by atoms with van der Waals surface area (Å²) in [6.07, 6.45) is 0. The Morgan fingerprint density at radius 2 is 1.96 bits per heavy atom. The van der Waals surface area contributed by atoms with Crippen LogP contribution in [-0.2, 0) is 4.74 Å². The molecule has 1 aliphatic rings. The number of aromatic carboxylic acids is 1. The molecular weight excluding hydrogens is 349 g/mol. The molecule has 3 aromatic rings. The standard InChI is InChI=1S/C20H18FN3O3/c1-12-11-27-9-8-24(12)19-18(13-2-5-15(21)6-3-13)22-16-7-4-14(20(25)26)10-17(16)23-19/h2-7,10,12H,8-9,11H2,1H3,(H,25,26)/t12-/m0/s1. The van der Waals surface area contributed by atoms with E-state index in [1.165, 1.54) is 24.3 Å². The van der Waals surface area contributed by atoms with Crippen LogP contribution < -0.4 is 4.90 Å². The summed E-state index contributed by atoms with van der Waals surface area (Å²) < 4.78 is 18.9. The van der Waals surface area contributed by atoms with Crippen LogP contribution in [0.15, 0.2) is 42.5 Å². The molecule has 0 unspecified atom stereocenters. The SMILES string of the molecule is C[C@H]1COCCN1c1nc2cc(C(=O)O)ccc2nc1-c1ccc(F)cc1. The third-order valence-electron chi connectivity index (χ3n) is 4.65. The first kappa shape index (κ1) is 17.4. The third-order valence-corrected chi connectivity index (χ3v) is 4.65. The van der Waals surface area contributed by atoms with Crippen molar-refractivity contribution in [3.63, 3.8) is 0 Å². The fourth-order valence-corrected chi connectivity index (χ4v) is 3.22. The number of rotatable bonds is 3. The van der Waals surface area contributed by atoms with E-state index in [9.17, 15) is 14.3 Å². The molecule has 2 aromatic carbocycles. The summed E-state index contributed by atoms with van der Waals surface area (Å²) in [7, 11) is 0. The predicted molar refractivity (Wildman–Crippen MR) is 99.5 cm³/mol. The largest absolute Gasteiger partial charge is 0.478 e. The van der Waals surface area contributed by atoms with Gasteiger partial charge >= 0.3 is 5.97 Å². The molecule has 0 saturated carbocycles. The minimum Gasteiger partial charge on any atom is -0.478 e. The first-order valence-electron chi connectivity index (χ1n) is 8.68. The molecule has 1 saturated heterocycles. The third kappa shape index (κ3) is 3.33. The van der Waals surface area contributed by atoms with Crippen molar-refractivity contribution in [2.75, 3.05) is 24.7 Å². The molecule has 27 heavy (non-hydrogen) atoms. The summed E-state index contributed by atoms with van der Waals surface area (Å²) in [4.78, 5) is 22.9. The Bertz CT molecular complexity index is 1010. The number of carbonyl (C=O) groups is 1. The van der Waals surface area contributed by atoms with Gasteiger partial charge in [0.25, 0.3) is 0 Å². The number of carboxylic acids is 1. The lowest BCUT2D eigenvalue weighted by Crippen LogP contribution is -2.44. The van der Waals surface area contributed by atoms with Crippen molar-refractivity contribution in [1.29, 1.82) is 0 Å². The number of fused-ring (bicyclic) bond motifs is 1. The molecule has 1 aliphatic heterocycles. The quantitative estimate of drug-likeness (QED) is 0.765. The Hall–Kier alpha value is -3.06. The fourth-order valence-electron chi connectivity index (χ4n) is 3.22. The van der Waals surface area contributed by atoms with Gasteiger partial charge in [0.05, 0.1) is 35.9 Å². The Morgan fingerprint density at radius 1 is 1.19 bits per heavy atom. The summed E-state index contributed by atoms with van der Waals surface area (Å²) in [6, 6.07) is 10.9. The number of morpholine rings is 1. The van der Waals surface area contributed by atoms with Crippen LogP contribution in [0.2, 0.25) is 0 Å². The van der Waals surface area contributed by atoms with Crippen LogP contribution in [0.1, 0.15) is 17.3 Å². The zero-order chi connectivity index (χ0) is 19.0. The van der Waals surface area contributed by atoms with Crippen molar-refractivity contribution < 1.29 is 19.0 Å². The van der Waals surface area contributed by atoms with Crippen LogP contribution in [0.3, 0.4) is 0 Å². The van der Waals surface area contributed by atoms with E-state index in [1.54, 1.807) is 18.2 Å². The van der Waals surface area contributed by atoms with E-state index in [2.05, 4.69) is 4.90 Å². The Balaban J connectivity index is 1.93. The molecule has 1 fully saturated rings. The summed E-state index contributed by atoms with van der Waals surface area (Å²) in [5.41, 5.74) is 2.65. The second-order valence-electron chi connectivity index (χ2n) is 6.53. The minimum absolute atomic E-state index is 0.0901. The van der Waals surface area contributed by atoms with Gasteiger partial charge in [-0.05, 0) is 49.4 Å². The second kappa shape index (κ2) is 6.92. The molecule has 0 bridgehead atoms. The number of anilines is 1. The zero-order valence-corrected chi connectivity index (χ0v) is 14.7. The zero-order valence-electron chi connectivity index (χ0n) is 14.7. The van der Waals surface area contributed by atoms with Gasteiger partial charge in [0.15, 0.2) is 5.82 Å². The molecule has 2 heterocycles. The first-order chi connectivity index (χ1) is 13.0. The van der Waals surface area contributed by atoms with Gasteiger partial charge in [0.1, 0.15) is 11.5 Å². The van der Waals surface area contributed by atoms with E-state index in [1.807, 2.05) is 6.92 Å². The average molecular weight is 367 g/mol. The number of ether oxygens (including phenoxy) is 1. The van der Waals surface area contributed by atoms with Crippen molar-refractivity contribution in [2.24, 2.45) is 0 Å². The van der Waals surface area contributed by atoms with Crippen molar-refractivity contribution in [3.05, 3.63) is 53.8 Å². The summed E-state index contributed by atoms with van der Waals surface area (Å²) in [6.45, 7) is 3.82. The van der Waals surface area contributed by atoms with E-state index >= 15 is 0 Å². The normalized spacial score (nSPS) is 17.3. The van der Waals surface area contributed by atoms with E-state index < -0.39 is 5.97 Å². The molecule has 0 spiro atoms. The summed E-state index contributed by atoms with van der Waals surface area (Å²) >= 11 is 0. The summed E-state index contributed by atoms with van der Waals surface area (Å²) in [5.74, 6) is -0.685. The molecule has 1 atom stereocenters. The lowest BCUT2D eigenvalue weighted by Gasteiger charge is -2.35. The highest BCUT2D eigenvalue weighted by Crippen LogP contribution is 2.32. The lowest BCUT2D eigenvalue weighted by molar-refractivity contribution is 0.0697. The van der Waals surface area contributed by atoms with Gasteiger partial charge in [-0.3, -0.25) is 0 Å². The maximum atomic E-state index is 13.4. The number of aromatic nitrogens is 2. The van der Waals surface area contributed by atoms with Gasteiger partial charge < -0.3 is 14.7 Å². The van der Waals surface area contributed by atoms with Gasteiger partial charge in [-0.2, -0.15) is 0 Å². The highest BCUT2D eigenvalue weighted by molar-refractivity contribution is 5.93. The monoisotopic (exact) mass is 367 g/mol. The highest BCUT2D eigenvalue weighted by atomic mass is 19.1. The highest BCUT2D eigenvalue weighted by Gasteiger charge is 2.25. The fraction of sp³-hybridized carbons (Fsp3) is 0.250. The maximum Gasteiger partial charge on any atom is 0.335 e. The van der Waals surface area contributed by atoms with Gasteiger partial charge in [-0.25, -0.2) is 19.2 Å². The number of benzene rings is 2. The molecule has 7 heteroatoms. The number of hydrogen-bond donors (Lipinski definition) is 1. The molecule has 0 amide bonds. The van der Waals surface area contributed by atoms with Crippen LogP contribution in [0, 0.1) is 5.82 Å². The molecule has 1 aromatic heterocycles. The summed E-state index contributed by atoms with van der Waals surface area (Å²) in [5, 5.41) is 9.25. The smallest absolute Gasteiger partial charge is 0.335 e. The van der Waals surface area contributed by atoms with Gasteiger partial charge in [0, 0.05) is 12.1 Å². The second-order valence-corrected chi connectivity index (χ2v) is 6.53. The Morgan fingerprint density at radius 3 is 2.67 bits per heavy atom. The molecule has 0 aliphatic carbocycles. The maximum absolute atomic E-state index is 13.4. The molecule has 4 rings (SSSR count). The average Bonchev–Trinajstić information content (AvgIpc) is 2.67. The Labute approximate surface area is 155 Å². The van der Waals surface area contributed by atoms with E-state index in [0.29, 0.717) is 42.3 Å². The predicted octanol–water partition coefficient (Wildman–Crippen LogP) is 3.36. The van der Waals surface area contributed by atoms with Crippen molar-refractivity contribution in [2.45, 2.75) is 13.0 Å². The molecule has 1 N–H and O–H groups in total. The van der Waals surface area contributed by atoms with Crippen LogP contribution in [0.5, 0.6) is 0 Å². The van der Waals surface area contributed by atoms with Gasteiger partial charge in [-0.15, -0.1) is 0 Å². The molecular formula is C20H18FN3O3. The topological polar surface area (TPSA) is 75.5 Å². The number of carboxylic acid groups (broad SMARTS) is 1. The van der Waals surface area contributed by atoms with Gasteiger partial charge in [0.2, 0.25) is 0 Å². The number of hydrogen-bond acceptors (Lipinski definition) is 5. The van der Waals surface area contributed by atoms with Crippen molar-refractivity contribution >= 4 is 22.8 Å². The number of nitrogens with zero attached hydrogens (tertiary/aromatic N) is 3. The van der Waals surface area contributed by atoms with Crippen LogP contribution in [0.25, 0.3) is 22.3 Å².